The number of aliphatic hydroxyl groups is 1. The van der Waals surface area contributed by atoms with Crippen LogP contribution in [0.2, 0.25) is 0 Å². The van der Waals surface area contributed by atoms with Crippen molar-refractivity contribution in [3.63, 3.8) is 0 Å². The van der Waals surface area contributed by atoms with E-state index in [2.05, 4.69) is 59.9 Å². The second kappa shape index (κ2) is 13.6. The highest BCUT2D eigenvalue weighted by Gasteiger charge is 2.69. The van der Waals surface area contributed by atoms with E-state index >= 15 is 0 Å². The molecule has 51 heavy (non-hydrogen) atoms. The third kappa shape index (κ3) is 6.59. The minimum absolute atomic E-state index is 0.000529. The number of nitrogens with one attached hydrogen (secondary N) is 1. The van der Waals surface area contributed by atoms with Crippen molar-refractivity contribution in [2.24, 2.45) is 50.2 Å². The van der Waals surface area contributed by atoms with Gasteiger partial charge >= 0.3 is 17.9 Å². The molecule has 10 nitrogen and oxygen atoms in total. The summed E-state index contributed by atoms with van der Waals surface area (Å²) in [5.41, 5.74) is 0.662. The Balaban J connectivity index is 1.54. The minimum atomic E-state index is -1.29. The first-order chi connectivity index (χ1) is 23.6. The fraction of sp³-hybridized carbons (Fsp3) is 0.805. The van der Waals surface area contributed by atoms with E-state index in [-0.39, 0.29) is 56.5 Å². The summed E-state index contributed by atoms with van der Waals surface area (Å²) in [4.78, 5) is 51.0. The molecule has 2 N–H and O–H groups in total. The number of hydrogen-bond donors (Lipinski definition) is 2. The van der Waals surface area contributed by atoms with E-state index in [9.17, 15) is 24.3 Å². The van der Waals surface area contributed by atoms with Gasteiger partial charge in [0.2, 0.25) is 5.91 Å². The molecule has 0 spiro atoms. The Morgan fingerprint density at radius 3 is 2.10 bits per heavy atom. The van der Waals surface area contributed by atoms with Gasteiger partial charge in [-0.1, -0.05) is 60.1 Å². The van der Waals surface area contributed by atoms with Crippen molar-refractivity contribution < 1.29 is 43.2 Å². The molecule has 0 bridgehead atoms. The van der Waals surface area contributed by atoms with Gasteiger partial charge in [0.05, 0.1) is 11.5 Å². The molecule has 0 heterocycles. The van der Waals surface area contributed by atoms with Crippen LogP contribution in [0.4, 0.5) is 0 Å². The van der Waals surface area contributed by atoms with Crippen LogP contribution in [-0.4, -0.2) is 55.0 Å². The van der Waals surface area contributed by atoms with Gasteiger partial charge in [-0.2, -0.15) is 0 Å². The van der Waals surface area contributed by atoms with Crippen LogP contribution in [-0.2, 0) is 38.1 Å². The summed E-state index contributed by atoms with van der Waals surface area (Å²) in [5, 5.41) is 14.1. The normalized spacial score (nSPS) is 38.9. The zero-order chi connectivity index (χ0) is 37.9. The number of allylic oxidation sites excluding steroid dienone is 2. The van der Waals surface area contributed by atoms with Crippen molar-refractivity contribution in [1.29, 1.82) is 0 Å². The van der Waals surface area contributed by atoms with Crippen molar-refractivity contribution in [1.82, 2.24) is 5.32 Å². The number of carbonyl (C=O) groups excluding carboxylic acids is 4. The third-order valence-corrected chi connectivity index (χ3v) is 15.0. The van der Waals surface area contributed by atoms with Gasteiger partial charge < -0.3 is 29.4 Å². The summed E-state index contributed by atoms with van der Waals surface area (Å²) in [6, 6.07) is 0. The van der Waals surface area contributed by atoms with Gasteiger partial charge in [0.25, 0.3) is 0 Å². The molecular weight excluding hydrogens is 650 g/mol. The van der Waals surface area contributed by atoms with Crippen molar-refractivity contribution in [2.45, 2.75) is 146 Å². The van der Waals surface area contributed by atoms with E-state index in [0.29, 0.717) is 24.7 Å². The average molecular weight is 714 g/mol. The zero-order valence-corrected chi connectivity index (χ0v) is 33.0. The van der Waals surface area contributed by atoms with E-state index < -0.39 is 36.2 Å². The molecule has 10 heteroatoms. The number of aliphatic hydroxyl groups excluding tert-OH is 1. The fourth-order valence-electron chi connectivity index (χ4n) is 12.0. The van der Waals surface area contributed by atoms with Crippen LogP contribution < -0.4 is 5.32 Å². The van der Waals surface area contributed by atoms with E-state index in [4.69, 9.17) is 18.9 Å². The van der Waals surface area contributed by atoms with Crippen LogP contribution in [0, 0.1) is 50.2 Å². The maximum atomic E-state index is 14.9. The Kier molecular flexibility index (Phi) is 10.5. The fourth-order valence-corrected chi connectivity index (χ4v) is 12.0. The summed E-state index contributed by atoms with van der Waals surface area (Å²) >= 11 is 0. The lowest BCUT2D eigenvalue weighted by Gasteiger charge is -2.71. The van der Waals surface area contributed by atoms with E-state index in [1.165, 1.54) is 33.5 Å². The number of ether oxygens (including phenoxy) is 4. The molecule has 9 atom stereocenters. The van der Waals surface area contributed by atoms with Gasteiger partial charge in [-0.3, -0.25) is 19.2 Å². The Hall–Kier alpha value is -2.72. The predicted octanol–water partition coefficient (Wildman–Crippen LogP) is 7.14. The van der Waals surface area contributed by atoms with Crippen LogP contribution >= 0.6 is 0 Å². The minimum Gasteiger partial charge on any atom is -0.458 e. The van der Waals surface area contributed by atoms with Gasteiger partial charge in [-0.05, 0) is 109 Å². The molecule has 0 aliphatic heterocycles. The molecule has 0 radical (unpaired) electrons. The highest BCUT2D eigenvalue weighted by atomic mass is 16.6. The molecule has 0 aromatic rings. The molecule has 3 unspecified atom stereocenters. The van der Waals surface area contributed by atoms with Gasteiger partial charge in [-0.15, -0.1) is 0 Å². The van der Waals surface area contributed by atoms with Crippen molar-refractivity contribution >= 4 is 23.8 Å². The van der Waals surface area contributed by atoms with E-state index in [0.717, 1.165) is 51.4 Å². The number of carbonyl (C=O) groups is 4. The first kappa shape index (κ1) is 39.5. The Labute approximate surface area is 304 Å². The number of rotatable bonds is 8. The molecule has 4 fully saturated rings. The molecule has 5 aliphatic rings. The monoisotopic (exact) mass is 713 g/mol. The topological polar surface area (TPSA) is 137 Å². The van der Waals surface area contributed by atoms with Crippen LogP contribution in [0.5, 0.6) is 0 Å². The summed E-state index contributed by atoms with van der Waals surface area (Å²) in [5.74, 6) is -1.78. The molecule has 286 valence electrons. The SMILES string of the molecule is CO[C@H](NC(=O)[C@]12CCC(C)(C)CC1C1=CCC3[C@@]4(C)CC[C@H](O)C(C)(C)C4CC[C@@]3(C)[C@]1(C)CC2)/C(OC(C)=O)=C(/COC(C)=O)OC(C)=O. The Bertz CT molecular complexity index is 1500. The maximum absolute atomic E-state index is 14.9. The first-order valence-corrected chi connectivity index (χ1v) is 19.0. The molecule has 0 aromatic heterocycles. The maximum Gasteiger partial charge on any atom is 0.307 e. The highest BCUT2D eigenvalue weighted by molar-refractivity contribution is 5.85. The average Bonchev–Trinajstić information content (AvgIpc) is 3.02. The van der Waals surface area contributed by atoms with Crippen LogP contribution in [0.25, 0.3) is 0 Å². The van der Waals surface area contributed by atoms with Gasteiger partial charge in [0, 0.05) is 27.9 Å². The number of amides is 1. The lowest BCUT2D eigenvalue weighted by Crippen LogP contribution is -2.65. The quantitative estimate of drug-likeness (QED) is 0.0884. The molecular formula is C41H63NO9. The highest BCUT2D eigenvalue weighted by Crippen LogP contribution is 2.75. The van der Waals surface area contributed by atoms with Gasteiger partial charge in [-0.25, -0.2) is 0 Å². The second-order valence-corrected chi connectivity index (χ2v) is 18.6. The van der Waals surface area contributed by atoms with Crippen LogP contribution in [0.1, 0.15) is 133 Å². The predicted molar refractivity (Wildman–Crippen MR) is 191 cm³/mol. The summed E-state index contributed by atoms with van der Waals surface area (Å²) in [6.07, 6.45) is 10.0. The first-order valence-electron chi connectivity index (χ1n) is 19.0. The molecule has 1 amide bonds. The Morgan fingerprint density at radius 2 is 1.49 bits per heavy atom. The third-order valence-electron chi connectivity index (χ3n) is 15.0. The van der Waals surface area contributed by atoms with Gasteiger partial charge in [0.1, 0.15) is 0 Å². The van der Waals surface area contributed by atoms with Gasteiger partial charge in [0.15, 0.2) is 24.4 Å². The molecule has 5 aliphatic carbocycles. The number of hydrogen-bond acceptors (Lipinski definition) is 9. The lowest BCUT2D eigenvalue weighted by atomic mass is 9.33. The Morgan fingerprint density at radius 1 is 0.843 bits per heavy atom. The number of methoxy groups -OCH3 is 1. The molecule has 5 rings (SSSR count). The second-order valence-electron chi connectivity index (χ2n) is 18.6. The summed E-state index contributed by atoms with van der Waals surface area (Å²) in [6.45, 7) is 19.7. The van der Waals surface area contributed by atoms with Crippen molar-refractivity contribution in [3.05, 3.63) is 23.2 Å². The van der Waals surface area contributed by atoms with Crippen molar-refractivity contribution in [2.75, 3.05) is 13.7 Å². The lowest BCUT2D eigenvalue weighted by molar-refractivity contribution is -0.204. The van der Waals surface area contributed by atoms with Crippen LogP contribution in [0.3, 0.4) is 0 Å². The number of fused-ring (bicyclic) bond motifs is 7. The van der Waals surface area contributed by atoms with E-state index in [1.54, 1.807) is 0 Å². The number of esters is 3. The molecule has 0 aromatic carbocycles. The molecule has 0 saturated heterocycles. The van der Waals surface area contributed by atoms with Crippen LogP contribution in [0.15, 0.2) is 23.2 Å². The smallest absolute Gasteiger partial charge is 0.307 e. The standard InChI is InChI=1S/C41H63NO9/c1-24(43)49-23-29(50-25(2)44)33(51-26(3)45)34(48-11)42-35(47)41-20-18-36(4,5)22-28(41)27-12-13-31-38(8)16-15-32(46)37(6,7)30(38)14-17-40(31,10)39(27,9)19-21-41/h12,28,30-32,34,46H,13-23H2,1-11H3,(H,42,47)/b33-29+/t28?,30?,31?,32-,34-,38-,39+,40+,41-/m0/s1. The van der Waals surface area contributed by atoms with E-state index in [1.807, 2.05) is 0 Å². The largest absolute Gasteiger partial charge is 0.458 e. The zero-order valence-electron chi connectivity index (χ0n) is 33.0. The van der Waals surface area contributed by atoms with Crippen molar-refractivity contribution in [3.8, 4) is 0 Å². The summed E-state index contributed by atoms with van der Waals surface area (Å²) < 4.78 is 21.7. The molecule has 4 saturated carbocycles. The summed E-state index contributed by atoms with van der Waals surface area (Å²) in [7, 11) is 1.37.